The van der Waals surface area contributed by atoms with Crippen molar-refractivity contribution in [3.05, 3.63) is 90.0 Å². The van der Waals surface area contributed by atoms with E-state index < -0.39 is 0 Å². The average Bonchev–Trinajstić information content (AvgIpc) is 2.60. The first-order chi connectivity index (χ1) is 11.2. The van der Waals surface area contributed by atoms with E-state index in [4.69, 9.17) is 0 Å². The molecule has 23 heavy (non-hydrogen) atoms. The first kappa shape index (κ1) is 15.0. The van der Waals surface area contributed by atoms with E-state index in [0.717, 1.165) is 11.1 Å². The Morgan fingerprint density at radius 2 is 1.61 bits per heavy atom. The molecule has 1 atom stereocenters. The molecule has 3 rings (SSSR count). The quantitative estimate of drug-likeness (QED) is 0.693. The highest BCUT2D eigenvalue weighted by atomic mass is 16.1. The zero-order chi connectivity index (χ0) is 16.1. The second-order valence-corrected chi connectivity index (χ2v) is 5.58. The molecule has 0 aliphatic carbocycles. The van der Waals surface area contributed by atoms with E-state index >= 15 is 0 Å². The Bertz CT molecular complexity index is 837. The fraction of sp³-hybridized carbons (Fsp3) is 0.0952. The zero-order valence-corrected chi connectivity index (χ0v) is 13.1. The summed E-state index contributed by atoms with van der Waals surface area (Å²) in [5.41, 5.74) is 2.12. The van der Waals surface area contributed by atoms with E-state index in [1.54, 1.807) is 6.08 Å². The SMILES string of the molecule is C[C@@H](NC(=O)C=Cc1ccccc1)c1ccc2ccccc2c1. The van der Waals surface area contributed by atoms with Crippen molar-refractivity contribution in [3.63, 3.8) is 0 Å². The van der Waals surface area contributed by atoms with Crippen LogP contribution < -0.4 is 5.32 Å². The van der Waals surface area contributed by atoms with Gasteiger partial charge in [0.15, 0.2) is 0 Å². The van der Waals surface area contributed by atoms with Crippen LogP contribution in [0, 0.1) is 0 Å². The number of rotatable bonds is 4. The molecule has 114 valence electrons. The lowest BCUT2D eigenvalue weighted by molar-refractivity contribution is -0.117. The van der Waals surface area contributed by atoms with Gasteiger partial charge >= 0.3 is 0 Å². The van der Waals surface area contributed by atoms with Gasteiger partial charge in [0.05, 0.1) is 6.04 Å². The molecular formula is C21H19NO. The predicted octanol–water partition coefficient (Wildman–Crippen LogP) is 4.73. The molecule has 2 heteroatoms. The Kier molecular flexibility index (Phi) is 4.53. The molecule has 0 spiro atoms. The van der Waals surface area contributed by atoms with Gasteiger partial charge in [0.2, 0.25) is 5.91 Å². The fourth-order valence-corrected chi connectivity index (χ4v) is 2.56. The fourth-order valence-electron chi connectivity index (χ4n) is 2.56. The molecule has 3 aromatic rings. The minimum atomic E-state index is -0.0884. The molecule has 0 saturated carbocycles. The molecule has 0 aliphatic heterocycles. The number of carbonyl (C=O) groups excluding carboxylic acids is 1. The van der Waals surface area contributed by atoms with Gasteiger partial charge < -0.3 is 5.32 Å². The zero-order valence-electron chi connectivity index (χ0n) is 13.1. The van der Waals surface area contributed by atoms with Crippen LogP contribution in [0.1, 0.15) is 24.1 Å². The summed E-state index contributed by atoms with van der Waals surface area (Å²) in [4.78, 5) is 12.1. The van der Waals surface area contributed by atoms with Crippen molar-refractivity contribution in [2.24, 2.45) is 0 Å². The molecule has 2 nitrogen and oxygen atoms in total. The molecule has 0 unspecified atom stereocenters. The maximum absolute atomic E-state index is 12.1. The minimum Gasteiger partial charge on any atom is -0.346 e. The first-order valence-electron chi connectivity index (χ1n) is 7.75. The summed E-state index contributed by atoms with van der Waals surface area (Å²) >= 11 is 0. The summed E-state index contributed by atoms with van der Waals surface area (Å²) in [5, 5.41) is 5.40. The molecule has 0 saturated heterocycles. The Balaban J connectivity index is 1.68. The van der Waals surface area contributed by atoms with E-state index in [0.29, 0.717) is 0 Å². The molecule has 0 heterocycles. The maximum Gasteiger partial charge on any atom is 0.244 e. The lowest BCUT2D eigenvalue weighted by Gasteiger charge is -2.13. The molecule has 0 aromatic heterocycles. The van der Waals surface area contributed by atoms with Gasteiger partial charge in [-0.05, 0) is 41.0 Å². The third kappa shape index (κ3) is 3.86. The summed E-state index contributed by atoms with van der Waals surface area (Å²) in [6.07, 6.45) is 3.40. The van der Waals surface area contributed by atoms with Crippen LogP contribution >= 0.6 is 0 Å². The van der Waals surface area contributed by atoms with Gasteiger partial charge in [-0.1, -0.05) is 66.7 Å². The average molecular weight is 301 g/mol. The van der Waals surface area contributed by atoms with Crippen molar-refractivity contribution >= 4 is 22.8 Å². The number of benzene rings is 3. The van der Waals surface area contributed by atoms with Gasteiger partial charge in [-0.2, -0.15) is 0 Å². The van der Waals surface area contributed by atoms with E-state index in [2.05, 4.69) is 35.6 Å². The van der Waals surface area contributed by atoms with Gasteiger partial charge in [0.25, 0.3) is 0 Å². The Labute approximate surface area is 136 Å². The summed E-state index contributed by atoms with van der Waals surface area (Å²) in [6.45, 7) is 2.00. The second-order valence-electron chi connectivity index (χ2n) is 5.58. The molecule has 0 bridgehead atoms. The van der Waals surface area contributed by atoms with Gasteiger partial charge in [0.1, 0.15) is 0 Å². The largest absolute Gasteiger partial charge is 0.346 e. The highest BCUT2D eigenvalue weighted by Gasteiger charge is 2.08. The number of fused-ring (bicyclic) bond motifs is 1. The number of amides is 1. The van der Waals surface area contributed by atoms with E-state index in [1.165, 1.54) is 10.8 Å². The van der Waals surface area contributed by atoms with Crippen LogP contribution in [0.25, 0.3) is 16.8 Å². The Morgan fingerprint density at radius 3 is 2.39 bits per heavy atom. The lowest BCUT2D eigenvalue weighted by Crippen LogP contribution is -2.24. The number of hydrogen-bond donors (Lipinski definition) is 1. The molecule has 0 radical (unpaired) electrons. The molecule has 1 amide bonds. The normalized spacial score (nSPS) is 12.4. The molecule has 0 aliphatic rings. The van der Waals surface area contributed by atoms with Gasteiger partial charge in [-0.15, -0.1) is 0 Å². The highest BCUT2D eigenvalue weighted by Crippen LogP contribution is 2.20. The minimum absolute atomic E-state index is 0.0347. The lowest BCUT2D eigenvalue weighted by atomic mass is 10.0. The van der Waals surface area contributed by atoms with Gasteiger partial charge in [0, 0.05) is 6.08 Å². The summed E-state index contributed by atoms with van der Waals surface area (Å²) in [6, 6.07) is 24.3. The topological polar surface area (TPSA) is 29.1 Å². The van der Waals surface area contributed by atoms with Crippen LogP contribution in [0.3, 0.4) is 0 Å². The first-order valence-corrected chi connectivity index (χ1v) is 7.75. The van der Waals surface area contributed by atoms with Crippen LogP contribution in [0.4, 0.5) is 0 Å². The Morgan fingerprint density at radius 1 is 0.913 bits per heavy atom. The van der Waals surface area contributed by atoms with Crippen molar-refractivity contribution in [2.75, 3.05) is 0 Å². The predicted molar refractivity (Wildman–Crippen MR) is 96.0 cm³/mol. The van der Waals surface area contributed by atoms with E-state index in [9.17, 15) is 4.79 Å². The summed E-state index contributed by atoms with van der Waals surface area (Å²) < 4.78 is 0. The van der Waals surface area contributed by atoms with Crippen LogP contribution in [-0.2, 0) is 4.79 Å². The molecular weight excluding hydrogens is 282 g/mol. The van der Waals surface area contributed by atoms with Crippen molar-refractivity contribution in [1.29, 1.82) is 0 Å². The summed E-state index contributed by atoms with van der Waals surface area (Å²) in [5.74, 6) is -0.0884. The Hall–Kier alpha value is -2.87. The van der Waals surface area contributed by atoms with Crippen LogP contribution in [0.5, 0.6) is 0 Å². The standard InChI is InChI=1S/C21H19NO/c1-16(19-13-12-18-9-5-6-10-20(18)15-19)22-21(23)14-11-17-7-3-2-4-8-17/h2-16H,1H3,(H,22,23)/t16-/m1/s1. The highest BCUT2D eigenvalue weighted by molar-refractivity contribution is 5.92. The molecule has 1 N–H and O–H groups in total. The van der Waals surface area contributed by atoms with Crippen LogP contribution in [-0.4, -0.2) is 5.91 Å². The number of nitrogens with one attached hydrogen (secondary N) is 1. The van der Waals surface area contributed by atoms with Crippen LogP contribution in [0.2, 0.25) is 0 Å². The molecule has 3 aromatic carbocycles. The van der Waals surface area contributed by atoms with Gasteiger partial charge in [-0.25, -0.2) is 0 Å². The summed E-state index contributed by atoms with van der Waals surface area (Å²) in [7, 11) is 0. The number of carbonyl (C=O) groups is 1. The van der Waals surface area contributed by atoms with E-state index in [-0.39, 0.29) is 11.9 Å². The monoisotopic (exact) mass is 301 g/mol. The van der Waals surface area contributed by atoms with E-state index in [1.807, 2.05) is 55.5 Å². The maximum atomic E-state index is 12.1. The van der Waals surface area contributed by atoms with Crippen LogP contribution in [0.15, 0.2) is 78.9 Å². The van der Waals surface area contributed by atoms with Crippen molar-refractivity contribution in [3.8, 4) is 0 Å². The van der Waals surface area contributed by atoms with Gasteiger partial charge in [-0.3, -0.25) is 4.79 Å². The van der Waals surface area contributed by atoms with Crippen molar-refractivity contribution < 1.29 is 4.79 Å². The second kappa shape index (κ2) is 6.93. The molecule has 0 fully saturated rings. The third-order valence-electron chi connectivity index (χ3n) is 3.86. The smallest absolute Gasteiger partial charge is 0.244 e. The van der Waals surface area contributed by atoms with Crippen molar-refractivity contribution in [1.82, 2.24) is 5.32 Å². The third-order valence-corrected chi connectivity index (χ3v) is 3.86. The van der Waals surface area contributed by atoms with Crippen molar-refractivity contribution in [2.45, 2.75) is 13.0 Å². The number of hydrogen-bond acceptors (Lipinski definition) is 1.